The molecule has 21 heavy (non-hydrogen) atoms. The highest BCUT2D eigenvalue weighted by Crippen LogP contribution is 2.25. The Labute approximate surface area is 124 Å². The predicted molar refractivity (Wildman–Crippen MR) is 80.5 cm³/mol. The van der Waals surface area contributed by atoms with E-state index < -0.39 is 5.97 Å². The summed E-state index contributed by atoms with van der Waals surface area (Å²) in [6, 6.07) is 9.75. The fourth-order valence-electron chi connectivity index (χ4n) is 1.92. The van der Waals surface area contributed by atoms with Gasteiger partial charge in [-0.1, -0.05) is 30.3 Å². The van der Waals surface area contributed by atoms with E-state index >= 15 is 0 Å². The maximum absolute atomic E-state index is 10.7. The van der Waals surface area contributed by atoms with Crippen LogP contribution < -0.4 is 4.74 Å². The molecule has 3 aromatic rings. The van der Waals surface area contributed by atoms with Gasteiger partial charge in [-0.2, -0.15) is 4.98 Å². The van der Waals surface area contributed by atoms with E-state index in [1.54, 1.807) is 0 Å². The zero-order chi connectivity index (χ0) is 14.7. The second-order valence-corrected chi connectivity index (χ2v) is 5.18. The third-order valence-electron chi connectivity index (χ3n) is 2.87. The number of benzene rings is 1. The molecule has 0 radical (unpaired) electrons. The highest BCUT2D eigenvalue weighted by Gasteiger charge is 2.12. The summed E-state index contributed by atoms with van der Waals surface area (Å²) in [7, 11) is 0. The molecule has 0 aliphatic heterocycles. The number of carboxylic acids is 1. The molecule has 0 saturated heterocycles. The summed E-state index contributed by atoms with van der Waals surface area (Å²) in [5.41, 5.74) is 1.66. The molecule has 3 rings (SSSR count). The van der Waals surface area contributed by atoms with Crippen LogP contribution >= 0.6 is 11.3 Å². The first kappa shape index (κ1) is 13.4. The van der Waals surface area contributed by atoms with Gasteiger partial charge in [-0.25, -0.2) is 4.79 Å². The number of fused-ring (bicyclic) bond motifs is 1. The highest BCUT2D eigenvalue weighted by atomic mass is 32.1. The Morgan fingerprint density at radius 1 is 1.38 bits per heavy atom. The van der Waals surface area contributed by atoms with Gasteiger partial charge >= 0.3 is 5.97 Å². The molecule has 5 nitrogen and oxygen atoms in total. The standard InChI is InChI=1S/C15H12N2O3S/c18-13(19)7-6-12-14(16-15-17(12)8-9-21-15)20-10-11-4-2-1-3-5-11/h1-9H,10H2,(H,18,19). The molecule has 1 aromatic carbocycles. The second-order valence-electron chi connectivity index (χ2n) is 4.30. The lowest BCUT2D eigenvalue weighted by molar-refractivity contribution is -0.131. The van der Waals surface area contributed by atoms with Crippen LogP contribution in [0.4, 0.5) is 0 Å². The predicted octanol–water partition coefficient (Wildman–Crippen LogP) is 3.07. The Morgan fingerprint density at radius 2 is 2.19 bits per heavy atom. The zero-order valence-corrected chi connectivity index (χ0v) is 11.8. The Kier molecular flexibility index (Phi) is 3.70. The molecule has 0 amide bonds. The summed E-state index contributed by atoms with van der Waals surface area (Å²) in [6.07, 6.45) is 4.41. The molecule has 6 heteroatoms. The van der Waals surface area contributed by atoms with Crippen LogP contribution in [-0.4, -0.2) is 20.5 Å². The molecular weight excluding hydrogens is 288 g/mol. The number of aromatic nitrogens is 2. The molecule has 0 spiro atoms. The fraction of sp³-hybridized carbons (Fsp3) is 0.0667. The Balaban J connectivity index is 1.88. The van der Waals surface area contributed by atoms with Crippen molar-refractivity contribution in [3.8, 4) is 5.88 Å². The van der Waals surface area contributed by atoms with Crippen LogP contribution in [-0.2, 0) is 11.4 Å². The van der Waals surface area contributed by atoms with Gasteiger partial charge in [-0.05, 0) is 11.6 Å². The number of nitrogens with zero attached hydrogens (tertiary/aromatic N) is 2. The molecular formula is C15H12N2O3S. The SMILES string of the molecule is O=C(O)C=Cc1c(OCc2ccccc2)nc2sccn12. The first-order valence-electron chi connectivity index (χ1n) is 6.27. The van der Waals surface area contributed by atoms with Crippen molar-refractivity contribution in [2.75, 3.05) is 0 Å². The molecule has 0 unspecified atom stereocenters. The van der Waals surface area contributed by atoms with E-state index in [0.29, 0.717) is 18.2 Å². The van der Waals surface area contributed by atoms with Crippen molar-refractivity contribution in [2.45, 2.75) is 6.61 Å². The maximum atomic E-state index is 10.7. The number of rotatable bonds is 5. The molecule has 106 valence electrons. The monoisotopic (exact) mass is 300 g/mol. The van der Waals surface area contributed by atoms with Gasteiger partial charge in [0, 0.05) is 17.7 Å². The van der Waals surface area contributed by atoms with Crippen LogP contribution in [0, 0.1) is 0 Å². The van der Waals surface area contributed by atoms with Crippen molar-refractivity contribution in [1.29, 1.82) is 0 Å². The Morgan fingerprint density at radius 3 is 2.95 bits per heavy atom. The Hall–Kier alpha value is -2.60. The van der Waals surface area contributed by atoms with Gasteiger partial charge in [0.25, 0.3) is 0 Å². The van der Waals surface area contributed by atoms with Crippen LogP contribution in [0.3, 0.4) is 0 Å². The van der Waals surface area contributed by atoms with Gasteiger partial charge in [-0.3, -0.25) is 4.40 Å². The van der Waals surface area contributed by atoms with E-state index in [0.717, 1.165) is 16.6 Å². The molecule has 2 heterocycles. The average molecular weight is 300 g/mol. The fourth-order valence-corrected chi connectivity index (χ4v) is 2.63. The topological polar surface area (TPSA) is 63.8 Å². The minimum absolute atomic E-state index is 0.388. The first-order chi connectivity index (χ1) is 10.2. The van der Waals surface area contributed by atoms with E-state index in [1.807, 2.05) is 46.3 Å². The summed E-state index contributed by atoms with van der Waals surface area (Å²) in [4.78, 5) is 15.9. The summed E-state index contributed by atoms with van der Waals surface area (Å²) in [5.74, 6) is -0.572. The lowest BCUT2D eigenvalue weighted by atomic mass is 10.2. The zero-order valence-electron chi connectivity index (χ0n) is 11.0. The molecule has 0 aliphatic carbocycles. The average Bonchev–Trinajstić information content (AvgIpc) is 3.05. The van der Waals surface area contributed by atoms with Gasteiger partial charge in [0.15, 0.2) is 4.96 Å². The highest BCUT2D eigenvalue weighted by molar-refractivity contribution is 7.15. The summed E-state index contributed by atoms with van der Waals surface area (Å²) >= 11 is 1.47. The van der Waals surface area contributed by atoms with E-state index in [1.165, 1.54) is 17.4 Å². The van der Waals surface area contributed by atoms with Gasteiger partial charge in [0.1, 0.15) is 12.3 Å². The minimum Gasteiger partial charge on any atom is -0.478 e. The van der Waals surface area contributed by atoms with Crippen LogP contribution in [0.2, 0.25) is 0 Å². The summed E-state index contributed by atoms with van der Waals surface area (Å²) < 4.78 is 7.54. The molecule has 2 aromatic heterocycles. The van der Waals surface area contributed by atoms with E-state index in [9.17, 15) is 4.79 Å². The Bertz CT molecular complexity index is 790. The number of imidazole rings is 1. The molecule has 0 atom stereocenters. The summed E-state index contributed by atoms with van der Waals surface area (Å²) in [5, 5.41) is 10.7. The number of ether oxygens (including phenoxy) is 1. The van der Waals surface area contributed by atoms with Gasteiger partial charge in [0.05, 0.1) is 0 Å². The largest absolute Gasteiger partial charge is 0.478 e. The van der Waals surface area contributed by atoms with E-state index in [4.69, 9.17) is 9.84 Å². The van der Waals surface area contributed by atoms with Crippen LogP contribution in [0.1, 0.15) is 11.3 Å². The third-order valence-corrected chi connectivity index (χ3v) is 3.62. The third kappa shape index (κ3) is 2.95. The number of aliphatic carboxylic acids is 1. The van der Waals surface area contributed by atoms with Crippen molar-refractivity contribution >= 4 is 28.3 Å². The number of thiazole rings is 1. The van der Waals surface area contributed by atoms with E-state index in [-0.39, 0.29) is 0 Å². The van der Waals surface area contributed by atoms with Gasteiger partial charge < -0.3 is 9.84 Å². The van der Waals surface area contributed by atoms with Crippen LogP contribution in [0.25, 0.3) is 11.0 Å². The van der Waals surface area contributed by atoms with Crippen molar-refractivity contribution in [3.63, 3.8) is 0 Å². The molecule has 0 aliphatic rings. The number of carboxylic acid groups (broad SMARTS) is 1. The molecule has 0 fully saturated rings. The lowest BCUT2D eigenvalue weighted by Gasteiger charge is -2.04. The molecule has 0 saturated carbocycles. The maximum Gasteiger partial charge on any atom is 0.328 e. The molecule has 1 N–H and O–H groups in total. The van der Waals surface area contributed by atoms with Crippen molar-refractivity contribution in [1.82, 2.24) is 9.38 Å². The second kappa shape index (κ2) is 5.80. The number of carbonyl (C=O) groups is 1. The van der Waals surface area contributed by atoms with Gasteiger partial charge in [-0.15, -0.1) is 11.3 Å². The lowest BCUT2D eigenvalue weighted by Crippen LogP contribution is -1.97. The summed E-state index contributed by atoms with van der Waals surface area (Å²) in [6.45, 7) is 0.388. The quantitative estimate of drug-likeness (QED) is 0.735. The minimum atomic E-state index is -1.01. The van der Waals surface area contributed by atoms with Crippen LogP contribution in [0.15, 0.2) is 48.0 Å². The molecule has 0 bridgehead atoms. The van der Waals surface area contributed by atoms with E-state index in [2.05, 4.69) is 4.98 Å². The van der Waals surface area contributed by atoms with Crippen molar-refractivity contribution in [3.05, 3.63) is 59.2 Å². The van der Waals surface area contributed by atoms with Gasteiger partial charge in [0.2, 0.25) is 5.88 Å². The number of hydrogen-bond donors (Lipinski definition) is 1. The first-order valence-corrected chi connectivity index (χ1v) is 7.15. The van der Waals surface area contributed by atoms with Crippen LogP contribution in [0.5, 0.6) is 5.88 Å². The normalized spacial score (nSPS) is 11.2. The van der Waals surface area contributed by atoms with Crippen molar-refractivity contribution in [2.24, 2.45) is 0 Å². The number of hydrogen-bond acceptors (Lipinski definition) is 4. The van der Waals surface area contributed by atoms with Crippen molar-refractivity contribution < 1.29 is 14.6 Å². The smallest absolute Gasteiger partial charge is 0.328 e.